The van der Waals surface area contributed by atoms with Gasteiger partial charge in [-0.3, -0.25) is 0 Å². The summed E-state index contributed by atoms with van der Waals surface area (Å²) < 4.78 is 2.35. The van der Waals surface area contributed by atoms with Crippen LogP contribution in [0.5, 0.6) is 0 Å². The molecule has 1 unspecified atom stereocenters. The number of unbranched alkanes of at least 4 members (excludes halogenated alkanes) is 1. The Hall–Kier alpha value is -0.830. The fraction of sp³-hybridized carbons (Fsp3) is 0.769. The zero-order valence-electron chi connectivity index (χ0n) is 10.7. The lowest BCUT2D eigenvalue weighted by molar-refractivity contribution is 0.323. The highest BCUT2D eigenvalue weighted by atomic mass is 15.1. The van der Waals surface area contributed by atoms with Crippen molar-refractivity contribution in [2.45, 2.75) is 58.5 Å². The van der Waals surface area contributed by atoms with Crippen LogP contribution in [0.2, 0.25) is 0 Å². The predicted octanol–water partition coefficient (Wildman–Crippen LogP) is 2.45. The number of fused-ring (bicyclic) bond motifs is 1. The first-order chi connectivity index (χ1) is 7.71. The average Bonchev–Trinajstić information content (AvgIpc) is 2.71. The molecule has 0 aliphatic carbocycles. The van der Waals surface area contributed by atoms with Gasteiger partial charge in [0.25, 0.3) is 0 Å². The number of hydrogen-bond acceptors (Lipinski definition) is 2. The Morgan fingerprint density at radius 1 is 1.50 bits per heavy atom. The molecule has 0 saturated carbocycles. The third-order valence-electron chi connectivity index (χ3n) is 3.81. The maximum atomic E-state index is 4.63. The molecular formula is C13H23N3. The van der Waals surface area contributed by atoms with Crippen LogP contribution in [-0.2, 0) is 18.5 Å². The van der Waals surface area contributed by atoms with Crippen LogP contribution in [0.4, 0.5) is 0 Å². The third-order valence-corrected chi connectivity index (χ3v) is 3.81. The van der Waals surface area contributed by atoms with Gasteiger partial charge in [-0.25, -0.2) is 4.98 Å². The van der Waals surface area contributed by atoms with Crippen molar-refractivity contribution in [1.29, 1.82) is 0 Å². The summed E-state index contributed by atoms with van der Waals surface area (Å²) in [6.07, 6.45) is 6.75. The van der Waals surface area contributed by atoms with Gasteiger partial charge >= 0.3 is 0 Å². The number of nitrogens with zero attached hydrogens (tertiary/aromatic N) is 2. The molecule has 1 atom stereocenters. The Morgan fingerprint density at radius 2 is 2.31 bits per heavy atom. The van der Waals surface area contributed by atoms with E-state index in [1.54, 1.807) is 0 Å². The molecule has 1 aromatic rings. The van der Waals surface area contributed by atoms with E-state index in [0.29, 0.717) is 0 Å². The van der Waals surface area contributed by atoms with Gasteiger partial charge in [0.05, 0.1) is 17.6 Å². The lowest BCUT2D eigenvalue weighted by atomic mass is 9.89. The fourth-order valence-corrected chi connectivity index (χ4v) is 2.48. The molecule has 0 amide bonds. The van der Waals surface area contributed by atoms with Gasteiger partial charge in [0, 0.05) is 25.2 Å². The molecular weight excluding hydrogens is 198 g/mol. The van der Waals surface area contributed by atoms with Crippen LogP contribution in [0.3, 0.4) is 0 Å². The van der Waals surface area contributed by atoms with E-state index in [9.17, 15) is 0 Å². The summed E-state index contributed by atoms with van der Waals surface area (Å²) in [7, 11) is 0. The maximum Gasteiger partial charge on any atom is 0.0952 e. The van der Waals surface area contributed by atoms with Crippen LogP contribution < -0.4 is 5.32 Å². The summed E-state index contributed by atoms with van der Waals surface area (Å²) in [5, 5.41) is 3.59. The van der Waals surface area contributed by atoms with Gasteiger partial charge in [-0.1, -0.05) is 20.3 Å². The summed E-state index contributed by atoms with van der Waals surface area (Å²) >= 11 is 0. The molecule has 1 N–H and O–H groups in total. The predicted molar refractivity (Wildman–Crippen MR) is 66.5 cm³/mol. The number of nitrogens with one attached hydrogen (secondary N) is 1. The molecule has 1 aromatic heterocycles. The van der Waals surface area contributed by atoms with Gasteiger partial charge in [-0.2, -0.15) is 0 Å². The first-order valence-corrected chi connectivity index (χ1v) is 6.50. The van der Waals surface area contributed by atoms with E-state index in [-0.39, 0.29) is 5.54 Å². The Morgan fingerprint density at radius 3 is 3.00 bits per heavy atom. The molecule has 0 saturated heterocycles. The molecule has 1 aliphatic heterocycles. The Balaban J connectivity index is 2.27. The Labute approximate surface area is 98.3 Å². The quantitative estimate of drug-likeness (QED) is 0.846. The number of rotatable bonds is 4. The second kappa shape index (κ2) is 4.58. The SMILES string of the molecule is CCCCn1cnc2c1CCNC2(C)CC. The van der Waals surface area contributed by atoms with Gasteiger partial charge in [-0.05, 0) is 19.8 Å². The molecule has 0 fully saturated rings. The van der Waals surface area contributed by atoms with E-state index < -0.39 is 0 Å². The number of imidazole rings is 1. The van der Waals surface area contributed by atoms with Crippen molar-refractivity contribution in [3.05, 3.63) is 17.7 Å². The van der Waals surface area contributed by atoms with Gasteiger partial charge < -0.3 is 9.88 Å². The first kappa shape index (κ1) is 11.6. The molecule has 2 heterocycles. The third kappa shape index (κ3) is 1.88. The van der Waals surface area contributed by atoms with Crippen LogP contribution in [0.1, 0.15) is 51.4 Å². The van der Waals surface area contributed by atoms with E-state index in [2.05, 4.69) is 35.6 Å². The molecule has 3 heteroatoms. The summed E-state index contributed by atoms with van der Waals surface area (Å²) in [6.45, 7) is 8.93. The van der Waals surface area contributed by atoms with Crippen LogP contribution in [0, 0.1) is 0 Å². The second-order valence-electron chi connectivity index (χ2n) is 4.95. The number of hydrogen-bond donors (Lipinski definition) is 1. The summed E-state index contributed by atoms with van der Waals surface area (Å²) in [4.78, 5) is 4.63. The van der Waals surface area contributed by atoms with E-state index in [1.165, 1.54) is 24.2 Å². The smallest absolute Gasteiger partial charge is 0.0952 e. The molecule has 0 radical (unpaired) electrons. The minimum Gasteiger partial charge on any atom is -0.334 e. The van der Waals surface area contributed by atoms with Crippen LogP contribution >= 0.6 is 0 Å². The summed E-state index contributed by atoms with van der Waals surface area (Å²) in [6, 6.07) is 0. The molecule has 2 rings (SSSR count). The molecule has 1 aliphatic rings. The number of aryl methyl sites for hydroxylation is 1. The zero-order chi connectivity index (χ0) is 11.6. The zero-order valence-corrected chi connectivity index (χ0v) is 10.7. The molecule has 16 heavy (non-hydrogen) atoms. The maximum absolute atomic E-state index is 4.63. The number of aromatic nitrogens is 2. The topological polar surface area (TPSA) is 29.9 Å². The van der Waals surface area contributed by atoms with Gasteiger partial charge in [-0.15, -0.1) is 0 Å². The van der Waals surface area contributed by atoms with E-state index in [4.69, 9.17) is 0 Å². The van der Waals surface area contributed by atoms with E-state index in [0.717, 1.165) is 25.9 Å². The van der Waals surface area contributed by atoms with Crippen molar-refractivity contribution in [3.63, 3.8) is 0 Å². The Kier molecular flexibility index (Phi) is 3.33. The highest BCUT2D eigenvalue weighted by Crippen LogP contribution is 2.29. The van der Waals surface area contributed by atoms with Gasteiger partial charge in [0.2, 0.25) is 0 Å². The van der Waals surface area contributed by atoms with E-state index in [1.807, 2.05) is 6.33 Å². The molecule has 0 bridgehead atoms. The van der Waals surface area contributed by atoms with E-state index >= 15 is 0 Å². The lowest BCUT2D eigenvalue weighted by Crippen LogP contribution is -2.45. The lowest BCUT2D eigenvalue weighted by Gasteiger charge is -2.33. The van der Waals surface area contributed by atoms with Crippen LogP contribution in [0.25, 0.3) is 0 Å². The average molecular weight is 221 g/mol. The molecule has 0 aromatic carbocycles. The van der Waals surface area contributed by atoms with Crippen molar-refractivity contribution >= 4 is 0 Å². The monoisotopic (exact) mass is 221 g/mol. The standard InChI is InChI=1S/C13H23N3/c1-4-6-9-16-10-14-12-11(16)7-8-15-13(12,3)5-2/h10,15H,4-9H2,1-3H3. The van der Waals surface area contributed by atoms with Crippen molar-refractivity contribution in [2.24, 2.45) is 0 Å². The summed E-state index contributed by atoms with van der Waals surface area (Å²) in [5.41, 5.74) is 2.82. The first-order valence-electron chi connectivity index (χ1n) is 6.50. The van der Waals surface area contributed by atoms with Crippen molar-refractivity contribution in [2.75, 3.05) is 6.54 Å². The largest absolute Gasteiger partial charge is 0.334 e. The molecule has 3 nitrogen and oxygen atoms in total. The van der Waals surface area contributed by atoms with Crippen molar-refractivity contribution < 1.29 is 0 Å². The summed E-state index contributed by atoms with van der Waals surface area (Å²) in [5.74, 6) is 0. The van der Waals surface area contributed by atoms with Crippen molar-refractivity contribution in [1.82, 2.24) is 14.9 Å². The van der Waals surface area contributed by atoms with Crippen LogP contribution in [-0.4, -0.2) is 16.1 Å². The highest BCUT2D eigenvalue weighted by Gasteiger charge is 2.33. The molecule has 90 valence electrons. The van der Waals surface area contributed by atoms with Gasteiger partial charge in [0.15, 0.2) is 0 Å². The van der Waals surface area contributed by atoms with Crippen LogP contribution in [0.15, 0.2) is 6.33 Å². The second-order valence-corrected chi connectivity index (χ2v) is 4.95. The minimum atomic E-state index is 0.0883. The Bertz CT molecular complexity index is 356. The minimum absolute atomic E-state index is 0.0883. The highest BCUT2D eigenvalue weighted by molar-refractivity contribution is 5.25. The van der Waals surface area contributed by atoms with Gasteiger partial charge in [0.1, 0.15) is 0 Å². The van der Waals surface area contributed by atoms with Crippen molar-refractivity contribution in [3.8, 4) is 0 Å². The molecule has 0 spiro atoms. The fourth-order valence-electron chi connectivity index (χ4n) is 2.48. The normalized spacial score (nSPS) is 24.4.